The average Bonchev–Trinajstić information content (AvgIpc) is 2.36. The largest absolute Gasteiger partial charge is 0.388 e. The first-order valence-corrected chi connectivity index (χ1v) is 7.27. The van der Waals surface area contributed by atoms with Crippen LogP contribution >= 0.6 is 0 Å². The van der Waals surface area contributed by atoms with Gasteiger partial charge in [0.2, 0.25) is 0 Å². The van der Waals surface area contributed by atoms with Crippen molar-refractivity contribution in [2.45, 2.75) is 33.3 Å². The van der Waals surface area contributed by atoms with Gasteiger partial charge in [0.05, 0.1) is 6.10 Å². The summed E-state index contributed by atoms with van der Waals surface area (Å²) >= 11 is 0. The van der Waals surface area contributed by atoms with E-state index in [-0.39, 0.29) is 6.10 Å². The van der Waals surface area contributed by atoms with Crippen LogP contribution in [0.1, 0.15) is 34.8 Å². The number of aryl methyl sites for hydroxylation is 3. The predicted molar refractivity (Wildman–Crippen MR) is 79.5 cm³/mol. The second-order valence-electron chi connectivity index (χ2n) is 5.71. The van der Waals surface area contributed by atoms with Gasteiger partial charge in [-0.15, -0.1) is 0 Å². The summed E-state index contributed by atoms with van der Waals surface area (Å²) in [7, 11) is 0. The molecular weight excluding hydrogens is 236 g/mol. The van der Waals surface area contributed by atoms with Crippen LogP contribution in [0.5, 0.6) is 0 Å². The lowest BCUT2D eigenvalue weighted by Crippen LogP contribution is -2.44. The van der Waals surface area contributed by atoms with Crippen LogP contribution in [0, 0.1) is 20.8 Å². The molecule has 1 heterocycles. The maximum atomic E-state index is 10.5. The van der Waals surface area contributed by atoms with Gasteiger partial charge in [-0.3, -0.25) is 0 Å². The van der Waals surface area contributed by atoms with Crippen molar-refractivity contribution in [2.75, 3.05) is 32.7 Å². The molecule has 1 aliphatic rings. The van der Waals surface area contributed by atoms with Gasteiger partial charge in [0, 0.05) is 32.7 Å². The van der Waals surface area contributed by atoms with Gasteiger partial charge in [0.15, 0.2) is 0 Å². The fourth-order valence-electron chi connectivity index (χ4n) is 3.10. The van der Waals surface area contributed by atoms with Crippen molar-refractivity contribution < 1.29 is 5.11 Å². The number of aliphatic hydroxyl groups is 1. The van der Waals surface area contributed by atoms with Crippen LogP contribution in [-0.4, -0.2) is 42.7 Å². The van der Waals surface area contributed by atoms with Gasteiger partial charge in [0.25, 0.3) is 0 Å². The highest BCUT2D eigenvalue weighted by atomic mass is 16.3. The Balaban J connectivity index is 1.97. The second kappa shape index (κ2) is 6.51. The first-order chi connectivity index (χ1) is 9.08. The lowest BCUT2D eigenvalue weighted by Gasteiger charge is -2.28. The quantitative estimate of drug-likeness (QED) is 0.870. The summed E-state index contributed by atoms with van der Waals surface area (Å²) in [5.41, 5.74) is 4.82. The molecule has 0 aliphatic carbocycles. The van der Waals surface area contributed by atoms with E-state index < -0.39 is 0 Å². The Labute approximate surface area is 116 Å². The molecule has 2 rings (SSSR count). The van der Waals surface area contributed by atoms with Crippen molar-refractivity contribution in [1.82, 2.24) is 10.2 Å². The highest BCUT2D eigenvalue weighted by Crippen LogP contribution is 2.25. The number of piperazine rings is 1. The molecule has 2 N–H and O–H groups in total. The van der Waals surface area contributed by atoms with Crippen molar-refractivity contribution in [1.29, 1.82) is 0 Å². The third-order valence-corrected chi connectivity index (χ3v) is 4.00. The number of nitrogens with one attached hydrogen (secondary N) is 1. The van der Waals surface area contributed by atoms with E-state index in [0.29, 0.717) is 0 Å². The topological polar surface area (TPSA) is 35.5 Å². The molecule has 1 fully saturated rings. The number of hydrogen-bond donors (Lipinski definition) is 2. The van der Waals surface area contributed by atoms with Crippen molar-refractivity contribution in [3.05, 3.63) is 34.4 Å². The Kier molecular flexibility index (Phi) is 4.97. The van der Waals surface area contributed by atoms with Gasteiger partial charge in [-0.05, 0) is 43.9 Å². The zero-order valence-corrected chi connectivity index (χ0v) is 12.4. The standard InChI is InChI=1S/C16H26N2O/c1-12-10-13(2)16(14(3)11-12)15(19)4-7-18-8-5-17-6-9-18/h10-11,15,17,19H,4-9H2,1-3H3. The molecule has 1 aliphatic heterocycles. The van der Waals surface area contributed by atoms with Crippen LogP contribution in [0.3, 0.4) is 0 Å². The van der Waals surface area contributed by atoms with Gasteiger partial charge in [0.1, 0.15) is 0 Å². The maximum Gasteiger partial charge on any atom is 0.0807 e. The fraction of sp³-hybridized carbons (Fsp3) is 0.625. The third kappa shape index (κ3) is 3.78. The first-order valence-electron chi connectivity index (χ1n) is 7.27. The average molecular weight is 262 g/mol. The SMILES string of the molecule is Cc1cc(C)c(C(O)CCN2CCNCC2)c(C)c1. The molecule has 3 heteroatoms. The molecule has 0 aromatic heterocycles. The minimum Gasteiger partial charge on any atom is -0.388 e. The van der Waals surface area contributed by atoms with Gasteiger partial charge < -0.3 is 15.3 Å². The molecule has 0 bridgehead atoms. The summed E-state index contributed by atoms with van der Waals surface area (Å²) in [6, 6.07) is 4.33. The Hall–Kier alpha value is -0.900. The van der Waals surface area contributed by atoms with Crippen LogP contribution < -0.4 is 5.32 Å². The van der Waals surface area contributed by atoms with Crippen LogP contribution in [0.2, 0.25) is 0 Å². The van der Waals surface area contributed by atoms with E-state index in [4.69, 9.17) is 0 Å². The van der Waals surface area contributed by atoms with E-state index in [1.165, 1.54) is 16.7 Å². The second-order valence-corrected chi connectivity index (χ2v) is 5.71. The lowest BCUT2D eigenvalue weighted by atomic mass is 9.94. The summed E-state index contributed by atoms with van der Waals surface area (Å²) < 4.78 is 0. The highest BCUT2D eigenvalue weighted by Gasteiger charge is 2.16. The van der Waals surface area contributed by atoms with E-state index >= 15 is 0 Å². The molecule has 1 saturated heterocycles. The molecule has 0 spiro atoms. The third-order valence-electron chi connectivity index (χ3n) is 4.00. The van der Waals surface area contributed by atoms with Gasteiger partial charge in [-0.1, -0.05) is 17.7 Å². The van der Waals surface area contributed by atoms with Gasteiger partial charge in [-0.25, -0.2) is 0 Å². The highest BCUT2D eigenvalue weighted by molar-refractivity contribution is 5.38. The molecule has 1 unspecified atom stereocenters. The van der Waals surface area contributed by atoms with E-state index in [0.717, 1.165) is 44.7 Å². The number of rotatable bonds is 4. The van der Waals surface area contributed by atoms with Crippen LogP contribution in [0.4, 0.5) is 0 Å². The molecular formula is C16H26N2O. The van der Waals surface area contributed by atoms with Crippen LogP contribution in [0.15, 0.2) is 12.1 Å². The molecule has 0 amide bonds. The number of aliphatic hydroxyl groups excluding tert-OH is 1. The summed E-state index contributed by atoms with van der Waals surface area (Å²) in [5.74, 6) is 0. The molecule has 3 nitrogen and oxygen atoms in total. The van der Waals surface area contributed by atoms with Crippen LogP contribution in [-0.2, 0) is 0 Å². The minimum absolute atomic E-state index is 0.338. The van der Waals surface area contributed by atoms with E-state index in [1.807, 2.05) is 0 Å². The summed E-state index contributed by atoms with van der Waals surface area (Å²) in [4.78, 5) is 2.43. The van der Waals surface area contributed by atoms with Crippen LogP contribution in [0.25, 0.3) is 0 Å². The molecule has 1 aromatic carbocycles. The van der Waals surface area contributed by atoms with E-state index in [9.17, 15) is 5.11 Å². The van der Waals surface area contributed by atoms with Gasteiger partial charge >= 0.3 is 0 Å². The molecule has 106 valence electrons. The van der Waals surface area contributed by atoms with Crippen molar-refractivity contribution in [2.24, 2.45) is 0 Å². The van der Waals surface area contributed by atoms with E-state index in [2.05, 4.69) is 43.1 Å². The fourth-order valence-corrected chi connectivity index (χ4v) is 3.10. The smallest absolute Gasteiger partial charge is 0.0807 e. The molecule has 0 radical (unpaired) electrons. The zero-order chi connectivity index (χ0) is 13.8. The Morgan fingerprint density at radius 3 is 2.32 bits per heavy atom. The summed E-state index contributed by atoms with van der Waals surface area (Å²) in [6.45, 7) is 11.6. The molecule has 19 heavy (non-hydrogen) atoms. The molecule has 0 saturated carbocycles. The predicted octanol–water partition coefficient (Wildman–Crippen LogP) is 1.94. The van der Waals surface area contributed by atoms with E-state index in [1.54, 1.807) is 0 Å². The van der Waals surface area contributed by atoms with Gasteiger partial charge in [-0.2, -0.15) is 0 Å². The van der Waals surface area contributed by atoms with Crippen molar-refractivity contribution >= 4 is 0 Å². The number of nitrogens with zero attached hydrogens (tertiary/aromatic N) is 1. The molecule has 1 atom stereocenters. The summed E-state index contributed by atoms with van der Waals surface area (Å²) in [6.07, 6.45) is 0.487. The number of benzene rings is 1. The number of hydrogen-bond acceptors (Lipinski definition) is 3. The first kappa shape index (κ1) is 14.5. The Morgan fingerprint density at radius 1 is 1.16 bits per heavy atom. The minimum atomic E-state index is -0.338. The maximum absolute atomic E-state index is 10.5. The monoisotopic (exact) mass is 262 g/mol. The lowest BCUT2D eigenvalue weighted by molar-refractivity contribution is 0.135. The Morgan fingerprint density at radius 2 is 1.74 bits per heavy atom. The summed E-state index contributed by atoms with van der Waals surface area (Å²) in [5, 5.41) is 13.8. The molecule has 1 aromatic rings. The Bertz CT molecular complexity index is 402. The normalized spacial score (nSPS) is 18.5. The van der Waals surface area contributed by atoms with Crippen molar-refractivity contribution in [3.63, 3.8) is 0 Å². The van der Waals surface area contributed by atoms with Crippen molar-refractivity contribution in [3.8, 4) is 0 Å². The zero-order valence-electron chi connectivity index (χ0n) is 12.4.